The van der Waals surface area contributed by atoms with Crippen LogP contribution in [0.3, 0.4) is 0 Å². The Kier molecular flexibility index (Phi) is 4.09. The van der Waals surface area contributed by atoms with Gasteiger partial charge in [0.1, 0.15) is 6.07 Å². The molecule has 3 aliphatic rings. The SMILES string of the molecule is N#Cc1ccccc1S(=O)(=O)N1C2CCC1CC(N1C(=O)CCC1=O)C2. The Hall–Kier alpha value is -2.24. The second-order valence-corrected chi connectivity index (χ2v) is 8.92. The highest BCUT2D eigenvalue weighted by atomic mass is 32.2. The molecule has 136 valence electrons. The van der Waals surface area contributed by atoms with Crippen molar-refractivity contribution >= 4 is 21.8 Å². The second-order valence-electron chi connectivity index (χ2n) is 7.11. The molecule has 2 atom stereocenters. The van der Waals surface area contributed by atoms with Crippen LogP contribution in [0.5, 0.6) is 0 Å². The van der Waals surface area contributed by atoms with E-state index in [0.29, 0.717) is 25.7 Å². The Balaban J connectivity index is 1.64. The molecule has 3 fully saturated rings. The average molecular weight is 373 g/mol. The number of hydrogen-bond donors (Lipinski definition) is 0. The standard InChI is InChI=1S/C18H19N3O4S/c19-11-12-3-1-2-4-16(12)26(24,25)21-13-5-6-14(21)10-15(9-13)20-17(22)7-8-18(20)23/h1-4,13-15H,5-10H2. The van der Waals surface area contributed by atoms with Gasteiger partial charge in [0.15, 0.2) is 0 Å². The molecule has 0 spiro atoms. The first kappa shape index (κ1) is 17.2. The van der Waals surface area contributed by atoms with Gasteiger partial charge < -0.3 is 0 Å². The van der Waals surface area contributed by atoms with E-state index in [1.54, 1.807) is 12.1 Å². The first-order chi connectivity index (χ1) is 12.4. The summed E-state index contributed by atoms with van der Waals surface area (Å²) in [7, 11) is -3.79. The lowest BCUT2D eigenvalue weighted by molar-refractivity contribution is -0.142. The van der Waals surface area contributed by atoms with Crippen molar-refractivity contribution in [2.24, 2.45) is 0 Å². The van der Waals surface area contributed by atoms with E-state index in [4.69, 9.17) is 0 Å². The number of piperidine rings is 1. The number of fused-ring (bicyclic) bond motifs is 2. The number of imide groups is 1. The molecule has 0 aromatic heterocycles. The normalized spacial score (nSPS) is 29.2. The summed E-state index contributed by atoms with van der Waals surface area (Å²) >= 11 is 0. The van der Waals surface area contributed by atoms with E-state index in [0.717, 1.165) is 0 Å². The van der Waals surface area contributed by atoms with Gasteiger partial charge in [-0.1, -0.05) is 12.1 Å². The van der Waals surface area contributed by atoms with Crippen molar-refractivity contribution in [1.82, 2.24) is 9.21 Å². The molecule has 0 radical (unpaired) electrons. The van der Waals surface area contributed by atoms with Gasteiger partial charge in [0.25, 0.3) is 0 Å². The Morgan fingerprint density at radius 3 is 2.12 bits per heavy atom. The van der Waals surface area contributed by atoms with E-state index in [9.17, 15) is 23.3 Å². The first-order valence-electron chi connectivity index (χ1n) is 8.81. The fourth-order valence-corrected chi connectivity index (χ4v) is 6.64. The third-order valence-corrected chi connectivity index (χ3v) is 7.72. The minimum absolute atomic E-state index is 0.0335. The van der Waals surface area contributed by atoms with Crippen LogP contribution in [0, 0.1) is 11.3 Å². The van der Waals surface area contributed by atoms with E-state index in [1.807, 2.05) is 6.07 Å². The van der Waals surface area contributed by atoms with Gasteiger partial charge in [-0.15, -0.1) is 0 Å². The maximum absolute atomic E-state index is 13.2. The Bertz CT molecular complexity index is 891. The highest BCUT2D eigenvalue weighted by Crippen LogP contribution is 2.42. The summed E-state index contributed by atoms with van der Waals surface area (Å²) in [6.07, 6.45) is 2.88. The maximum atomic E-state index is 13.2. The molecule has 3 heterocycles. The van der Waals surface area contributed by atoms with E-state index in [1.165, 1.54) is 21.3 Å². The number of amides is 2. The van der Waals surface area contributed by atoms with Gasteiger partial charge in [-0.05, 0) is 37.8 Å². The van der Waals surface area contributed by atoms with Crippen molar-refractivity contribution in [3.8, 4) is 6.07 Å². The number of likely N-dealkylation sites (tertiary alicyclic amines) is 1. The summed E-state index contributed by atoms with van der Waals surface area (Å²) in [5.74, 6) is -0.295. The topological polar surface area (TPSA) is 98.5 Å². The molecular weight excluding hydrogens is 354 g/mol. The number of carbonyl (C=O) groups is 2. The number of sulfonamides is 1. The third kappa shape index (κ3) is 2.54. The van der Waals surface area contributed by atoms with Crippen LogP contribution in [0.15, 0.2) is 29.2 Å². The van der Waals surface area contributed by atoms with Crippen LogP contribution in [-0.2, 0) is 19.6 Å². The van der Waals surface area contributed by atoms with Crippen LogP contribution in [0.1, 0.15) is 44.1 Å². The molecule has 0 aliphatic carbocycles. The Morgan fingerprint density at radius 2 is 1.54 bits per heavy atom. The van der Waals surface area contributed by atoms with Crippen molar-refractivity contribution in [2.75, 3.05) is 0 Å². The van der Waals surface area contributed by atoms with Gasteiger partial charge >= 0.3 is 0 Å². The van der Waals surface area contributed by atoms with Gasteiger partial charge in [-0.3, -0.25) is 14.5 Å². The zero-order valence-electron chi connectivity index (χ0n) is 14.2. The molecule has 26 heavy (non-hydrogen) atoms. The predicted molar refractivity (Wildman–Crippen MR) is 91.1 cm³/mol. The molecule has 4 rings (SSSR count). The third-order valence-electron chi connectivity index (χ3n) is 5.66. The molecule has 0 saturated carbocycles. The van der Waals surface area contributed by atoms with Gasteiger partial charge in [0, 0.05) is 31.0 Å². The lowest BCUT2D eigenvalue weighted by Crippen LogP contribution is -2.53. The van der Waals surface area contributed by atoms with Gasteiger partial charge in [-0.2, -0.15) is 9.57 Å². The molecule has 1 aromatic rings. The smallest absolute Gasteiger partial charge is 0.244 e. The predicted octanol–water partition coefficient (Wildman–Crippen LogP) is 1.39. The van der Waals surface area contributed by atoms with Crippen molar-refractivity contribution in [1.29, 1.82) is 5.26 Å². The lowest BCUT2D eigenvalue weighted by atomic mass is 9.98. The van der Waals surface area contributed by atoms with E-state index >= 15 is 0 Å². The van der Waals surface area contributed by atoms with Gasteiger partial charge in [0.05, 0.1) is 10.5 Å². The molecule has 0 N–H and O–H groups in total. The lowest BCUT2D eigenvalue weighted by Gasteiger charge is -2.40. The Labute approximate surface area is 152 Å². The summed E-state index contributed by atoms with van der Waals surface area (Å²) in [6.45, 7) is 0. The zero-order valence-corrected chi connectivity index (χ0v) is 15.0. The zero-order chi connectivity index (χ0) is 18.5. The number of rotatable bonds is 3. The van der Waals surface area contributed by atoms with Crippen LogP contribution in [-0.4, -0.2) is 47.6 Å². The van der Waals surface area contributed by atoms with Gasteiger partial charge in [-0.25, -0.2) is 8.42 Å². The summed E-state index contributed by atoms with van der Waals surface area (Å²) in [4.78, 5) is 25.5. The van der Waals surface area contributed by atoms with E-state index in [-0.39, 0.29) is 53.2 Å². The summed E-state index contributed by atoms with van der Waals surface area (Å²) < 4.78 is 27.9. The fourth-order valence-electron chi connectivity index (χ4n) is 4.61. The fraction of sp³-hybridized carbons (Fsp3) is 0.500. The molecule has 3 saturated heterocycles. The number of nitriles is 1. The molecule has 1 aromatic carbocycles. The average Bonchev–Trinajstić information content (AvgIpc) is 3.11. The van der Waals surface area contributed by atoms with Crippen molar-refractivity contribution < 1.29 is 18.0 Å². The molecule has 8 heteroatoms. The van der Waals surface area contributed by atoms with E-state index in [2.05, 4.69) is 0 Å². The van der Waals surface area contributed by atoms with Crippen molar-refractivity contribution in [3.63, 3.8) is 0 Å². The summed E-state index contributed by atoms with van der Waals surface area (Å²) in [6, 6.07) is 7.48. The number of nitrogens with zero attached hydrogens (tertiary/aromatic N) is 3. The molecule has 2 amide bonds. The Morgan fingerprint density at radius 1 is 0.962 bits per heavy atom. The molecule has 7 nitrogen and oxygen atoms in total. The van der Waals surface area contributed by atoms with Crippen molar-refractivity contribution in [3.05, 3.63) is 29.8 Å². The molecule has 3 aliphatic heterocycles. The monoisotopic (exact) mass is 373 g/mol. The van der Waals surface area contributed by atoms with Crippen molar-refractivity contribution in [2.45, 2.75) is 61.5 Å². The number of hydrogen-bond acceptors (Lipinski definition) is 5. The second kappa shape index (κ2) is 6.18. The maximum Gasteiger partial charge on any atom is 0.244 e. The minimum Gasteiger partial charge on any atom is -0.279 e. The largest absolute Gasteiger partial charge is 0.279 e. The molecule has 2 bridgehead atoms. The highest BCUT2D eigenvalue weighted by molar-refractivity contribution is 7.89. The quantitative estimate of drug-likeness (QED) is 0.746. The van der Waals surface area contributed by atoms with Gasteiger partial charge in [0.2, 0.25) is 21.8 Å². The number of carbonyl (C=O) groups excluding carboxylic acids is 2. The van der Waals surface area contributed by atoms with Crippen LogP contribution in [0.2, 0.25) is 0 Å². The van der Waals surface area contributed by atoms with Crippen LogP contribution >= 0.6 is 0 Å². The van der Waals surface area contributed by atoms with Crippen LogP contribution < -0.4 is 0 Å². The van der Waals surface area contributed by atoms with Crippen LogP contribution in [0.4, 0.5) is 0 Å². The highest BCUT2D eigenvalue weighted by Gasteiger charge is 2.50. The number of benzene rings is 1. The minimum atomic E-state index is -3.79. The summed E-state index contributed by atoms with van der Waals surface area (Å²) in [5, 5.41) is 9.26. The molecule has 2 unspecified atom stereocenters. The molecular formula is C18H19N3O4S. The van der Waals surface area contributed by atoms with E-state index < -0.39 is 10.0 Å². The van der Waals surface area contributed by atoms with Crippen LogP contribution in [0.25, 0.3) is 0 Å². The first-order valence-corrected chi connectivity index (χ1v) is 10.2. The summed E-state index contributed by atoms with van der Waals surface area (Å²) in [5.41, 5.74) is 0.138.